The third-order valence-electron chi connectivity index (χ3n) is 4.28. The summed E-state index contributed by atoms with van der Waals surface area (Å²) in [5.41, 5.74) is 2.19. The highest BCUT2D eigenvalue weighted by molar-refractivity contribution is 7.20. The number of anilines is 1. The molecule has 30 heavy (non-hydrogen) atoms. The minimum absolute atomic E-state index is 0.391. The molecule has 2 aromatic carbocycles. The molecule has 0 radical (unpaired) electrons. The quantitative estimate of drug-likeness (QED) is 0.400. The minimum Gasteiger partial charge on any atom is -0.451 e. The van der Waals surface area contributed by atoms with Crippen molar-refractivity contribution in [1.29, 1.82) is 0 Å². The molecule has 0 spiro atoms. The summed E-state index contributed by atoms with van der Waals surface area (Å²) in [4.78, 5) is 25.7. The predicted octanol–water partition coefficient (Wildman–Crippen LogP) is 5.50. The van der Waals surface area contributed by atoms with Crippen molar-refractivity contribution in [3.05, 3.63) is 75.2 Å². The molecule has 0 unspecified atom stereocenters. The van der Waals surface area contributed by atoms with E-state index in [2.05, 4.69) is 10.4 Å². The zero-order valence-corrected chi connectivity index (χ0v) is 18.0. The summed E-state index contributed by atoms with van der Waals surface area (Å²) >= 11 is 13.0. The maximum Gasteiger partial charge on any atom is 0.348 e. The van der Waals surface area contributed by atoms with Crippen LogP contribution >= 0.6 is 34.5 Å². The number of carbonyl (C=O) groups excluding carboxylic acids is 2. The first kappa shape index (κ1) is 20.4. The predicted molar refractivity (Wildman–Crippen MR) is 119 cm³/mol. The second-order valence-electron chi connectivity index (χ2n) is 6.43. The fourth-order valence-electron chi connectivity index (χ4n) is 2.84. The number of thiophene rings is 1. The Balaban J connectivity index is 1.47. The summed E-state index contributed by atoms with van der Waals surface area (Å²) in [6.45, 7) is 1.48. The Morgan fingerprint density at radius 3 is 2.37 bits per heavy atom. The molecule has 2 aromatic heterocycles. The van der Waals surface area contributed by atoms with Gasteiger partial charge < -0.3 is 10.1 Å². The summed E-state index contributed by atoms with van der Waals surface area (Å²) in [5, 5.41) is 9.23. The van der Waals surface area contributed by atoms with E-state index in [4.69, 9.17) is 27.9 Å². The van der Waals surface area contributed by atoms with E-state index < -0.39 is 18.5 Å². The third-order valence-corrected chi connectivity index (χ3v) is 5.87. The third kappa shape index (κ3) is 4.33. The number of halogens is 2. The molecule has 2 heterocycles. The van der Waals surface area contributed by atoms with Crippen molar-refractivity contribution in [2.75, 3.05) is 11.9 Å². The number of fused-ring (bicyclic) bond motifs is 1. The molecule has 152 valence electrons. The van der Waals surface area contributed by atoms with Crippen LogP contribution in [0.15, 0.2) is 54.6 Å². The number of rotatable bonds is 5. The van der Waals surface area contributed by atoms with Crippen molar-refractivity contribution in [2.45, 2.75) is 6.92 Å². The second kappa shape index (κ2) is 8.47. The first-order valence-electron chi connectivity index (χ1n) is 8.88. The molecule has 0 bridgehead atoms. The maximum atomic E-state index is 12.5. The lowest BCUT2D eigenvalue weighted by Crippen LogP contribution is -2.20. The van der Waals surface area contributed by atoms with Crippen LogP contribution in [0.4, 0.5) is 5.69 Å². The zero-order chi connectivity index (χ0) is 21.3. The Hall–Kier alpha value is -2.87. The molecule has 1 amide bonds. The highest BCUT2D eigenvalue weighted by Gasteiger charge is 2.19. The monoisotopic (exact) mass is 459 g/mol. The van der Waals surface area contributed by atoms with Crippen LogP contribution in [0.2, 0.25) is 10.0 Å². The van der Waals surface area contributed by atoms with Crippen molar-refractivity contribution in [3.63, 3.8) is 0 Å². The number of aromatic nitrogens is 2. The highest BCUT2D eigenvalue weighted by atomic mass is 35.5. The Labute approximate surface area is 186 Å². The van der Waals surface area contributed by atoms with E-state index in [-0.39, 0.29) is 0 Å². The fourth-order valence-corrected chi connectivity index (χ4v) is 4.17. The van der Waals surface area contributed by atoms with Gasteiger partial charge in [0.1, 0.15) is 9.71 Å². The van der Waals surface area contributed by atoms with Crippen molar-refractivity contribution in [2.24, 2.45) is 0 Å². The van der Waals surface area contributed by atoms with Gasteiger partial charge in [-0.25, -0.2) is 9.48 Å². The molecule has 4 rings (SSSR count). The number of carbonyl (C=O) groups is 2. The average molecular weight is 460 g/mol. The van der Waals surface area contributed by atoms with E-state index in [0.717, 1.165) is 21.6 Å². The highest BCUT2D eigenvalue weighted by Crippen LogP contribution is 2.31. The molecular formula is C21H15Cl2N3O3S. The summed E-state index contributed by atoms with van der Waals surface area (Å²) in [6, 6.07) is 15.6. The lowest BCUT2D eigenvalue weighted by atomic mass is 10.3. The topological polar surface area (TPSA) is 73.2 Å². The number of hydrogen-bond acceptors (Lipinski definition) is 5. The number of aryl methyl sites for hydroxylation is 1. The smallest absolute Gasteiger partial charge is 0.348 e. The van der Waals surface area contributed by atoms with Crippen molar-refractivity contribution in [3.8, 4) is 5.69 Å². The number of nitrogens with zero attached hydrogens (tertiary/aromatic N) is 2. The van der Waals surface area contributed by atoms with Crippen LogP contribution < -0.4 is 5.32 Å². The number of benzene rings is 2. The standard InChI is InChI=1S/C21H15Cl2N3O3S/c1-12-17-10-18(30-20(17)26(25-12)16-8-4-14(23)5-9-16)21(28)29-11-19(27)24-15-6-2-13(22)3-7-15/h2-10H,11H2,1H3,(H,24,27). The molecule has 0 fully saturated rings. The van der Waals surface area contributed by atoms with E-state index in [0.29, 0.717) is 20.6 Å². The van der Waals surface area contributed by atoms with Crippen LogP contribution in [0, 0.1) is 6.92 Å². The Morgan fingerprint density at radius 1 is 1.07 bits per heavy atom. The Kier molecular flexibility index (Phi) is 5.76. The van der Waals surface area contributed by atoms with E-state index in [9.17, 15) is 9.59 Å². The van der Waals surface area contributed by atoms with Gasteiger partial charge in [0, 0.05) is 21.1 Å². The maximum absolute atomic E-state index is 12.5. The number of hydrogen-bond donors (Lipinski definition) is 1. The van der Waals surface area contributed by atoms with E-state index in [1.165, 1.54) is 11.3 Å². The molecule has 0 saturated carbocycles. The molecule has 1 N–H and O–H groups in total. The lowest BCUT2D eigenvalue weighted by molar-refractivity contribution is -0.119. The minimum atomic E-state index is -0.565. The average Bonchev–Trinajstić information content (AvgIpc) is 3.29. The Bertz CT molecular complexity index is 1230. The van der Waals surface area contributed by atoms with E-state index in [1.54, 1.807) is 47.1 Å². The molecule has 0 aliphatic heterocycles. The van der Waals surface area contributed by atoms with Gasteiger partial charge in [-0.3, -0.25) is 4.79 Å². The van der Waals surface area contributed by atoms with Crippen LogP contribution in [-0.4, -0.2) is 28.3 Å². The molecule has 0 atom stereocenters. The van der Waals surface area contributed by atoms with Gasteiger partial charge in [0.05, 0.1) is 11.4 Å². The molecular weight excluding hydrogens is 445 g/mol. The Morgan fingerprint density at radius 2 is 1.70 bits per heavy atom. The molecule has 0 saturated heterocycles. The summed E-state index contributed by atoms with van der Waals surface area (Å²) in [5.74, 6) is -1.00. The molecule has 6 nitrogen and oxygen atoms in total. The van der Waals surface area contributed by atoms with Crippen molar-refractivity contribution < 1.29 is 14.3 Å². The first-order chi connectivity index (χ1) is 14.4. The van der Waals surface area contributed by atoms with Crippen LogP contribution in [-0.2, 0) is 9.53 Å². The lowest BCUT2D eigenvalue weighted by Gasteiger charge is -2.06. The van der Waals surface area contributed by atoms with Gasteiger partial charge in [-0.1, -0.05) is 23.2 Å². The van der Waals surface area contributed by atoms with Crippen LogP contribution in [0.25, 0.3) is 15.9 Å². The van der Waals surface area contributed by atoms with Gasteiger partial charge in [0.15, 0.2) is 6.61 Å². The molecule has 0 aliphatic rings. The largest absolute Gasteiger partial charge is 0.451 e. The molecule has 4 aromatic rings. The van der Waals surface area contributed by atoms with E-state index in [1.807, 2.05) is 19.1 Å². The number of nitrogens with one attached hydrogen (secondary N) is 1. The summed E-state index contributed by atoms with van der Waals surface area (Å²) in [7, 11) is 0. The van der Waals surface area contributed by atoms with Crippen LogP contribution in [0.1, 0.15) is 15.4 Å². The fraction of sp³-hybridized carbons (Fsp3) is 0.0952. The number of esters is 1. The van der Waals surface area contributed by atoms with Gasteiger partial charge in [-0.05, 0) is 61.5 Å². The van der Waals surface area contributed by atoms with Gasteiger partial charge in [-0.2, -0.15) is 5.10 Å². The SMILES string of the molecule is Cc1nn(-c2ccc(Cl)cc2)c2sc(C(=O)OCC(=O)Nc3ccc(Cl)cc3)cc12. The van der Waals surface area contributed by atoms with Crippen molar-refractivity contribution >= 4 is 62.3 Å². The zero-order valence-electron chi connectivity index (χ0n) is 15.7. The van der Waals surface area contributed by atoms with Gasteiger partial charge >= 0.3 is 5.97 Å². The molecule has 9 heteroatoms. The van der Waals surface area contributed by atoms with E-state index >= 15 is 0 Å². The number of amides is 1. The first-order valence-corrected chi connectivity index (χ1v) is 10.5. The van der Waals surface area contributed by atoms with Gasteiger partial charge in [0.25, 0.3) is 5.91 Å². The van der Waals surface area contributed by atoms with Gasteiger partial charge in [0.2, 0.25) is 0 Å². The number of ether oxygens (including phenoxy) is 1. The van der Waals surface area contributed by atoms with Gasteiger partial charge in [-0.15, -0.1) is 11.3 Å². The summed E-state index contributed by atoms with van der Waals surface area (Å²) in [6.07, 6.45) is 0. The van der Waals surface area contributed by atoms with Crippen molar-refractivity contribution in [1.82, 2.24) is 9.78 Å². The van der Waals surface area contributed by atoms with Crippen LogP contribution in [0.3, 0.4) is 0 Å². The van der Waals surface area contributed by atoms with Crippen LogP contribution in [0.5, 0.6) is 0 Å². The normalized spacial score (nSPS) is 10.9. The summed E-state index contributed by atoms with van der Waals surface area (Å²) < 4.78 is 6.93. The second-order valence-corrected chi connectivity index (χ2v) is 8.34. The molecule has 0 aliphatic carbocycles.